The molecule has 1 atom stereocenters. The van der Waals surface area contributed by atoms with Crippen molar-refractivity contribution in [3.05, 3.63) is 48.8 Å². The summed E-state index contributed by atoms with van der Waals surface area (Å²) < 4.78 is 7.66. The van der Waals surface area contributed by atoms with Crippen molar-refractivity contribution in [2.45, 2.75) is 38.7 Å². The van der Waals surface area contributed by atoms with E-state index in [-0.39, 0.29) is 6.10 Å². The van der Waals surface area contributed by atoms with Gasteiger partial charge in [0.25, 0.3) is 0 Å². The maximum atomic E-state index is 5.63. The van der Waals surface area contributed by atoms with Gasteiger partial charge in [-0.15, -0.1) is 0 Å². The van der Waals surface area contributed by atoms with E-state index in [2.05, 4.69) is 56.2 Å². The van der Waals surface area contributed by atoms with Crippen molar-refractivity contribution in [2.24, 2.45) is 0 Å². The van der Waals surface area contributed by atoms with Crippen molar-refractivity contribution in [2.75, 3.05) is 18.5 Å². The Kier molecular flexibility index (Phi) is 4.92. The number of benzene rings is 1. The van der Waals surface area contributed by atoms with Crippen LogP contribution in [0.3, 0.4) is 0 Å². The van der Waals surface area contributed by atoms with Gasteiger partial charge in [-0.25, -0.2) is 19.9 Å². The third kappa shape index (κ3) is 3.66. The maximum Gasteiger partial charge on any atom is 0.222 e. The van der Waals surface area contributed by atoms with E-state index in [0.717, 1.165) is 59.9 Å². The minimum absolute atomic E-state index is 0.251. The highest BCUT2D eigenvalue weighted by molar-refractivity contribution is 5.78. The van der Waals surface area contributed by atoms with E-state index in [1.165, 1.54) is 0 Å². The van der Waals surface area contributed by atoms with Crippen LogP contribution in [0.4, 0.5) is 5.95 Å². The first-order valence-electron chi connectivity index (χ1n) is 10.4. The molecule has 8 heteroatoms. The largest absolute Gasteiger partial charge is 0.376 e. The number of nitrogens with zero attached hydrogens (tertiary/aromatic N) is 5. The van der Waals surface area contributed by atoms with Crippen LogP contribution in [0.15, 0.2) is 43.0 Å². The lowest BCUT2D eigenvalue weighted by Crippen LogP contribution is -2.19. The molecule has 0 spiro atoms. The fourth-order valence-corrected chi connectivity index (χ4v) is 3.71. The summed E-state index contributed by atoms with van der Waals surface area (Å²) in [6.07, 6.45) is 9.79. The molecule has 1 fully saturated rings. The van der Waals surface area contributed by atoms with E-state index in [0.29, 0.717) is 11.9 Å². The molecule has 5 rings (SSSR count). The van der Waals surface area contributed by atoms with Crippen molar-refractivity contribution in [3.8, 4) is 17.1 Å². The first-order chi connectivity index (χ1) is 14.7. The molecule has 154 valence electrons. The summed E-state index contributed by atoms with van der Waals surface area (Å²) in [7, 11) is 0. The summed E-state index contributed by atoms with van der Waals surface area (Å²) in [5.74, 6) is 2.75. The molecule has 1 aliphatic rings. The lowest BCUT2D eigenvalue weighted by Gasteiger charge is -2.11. The van der Waals surface area contributed by atoms with Crippen LogP contribution in [0.25, 0.3) is 28.1 Å². The van der Waals surface area contributed by atoms with Gasteiger partial charge < -0.3 is 15.0 Å². The van der Waals surface area contributed by atoms with E-state index in [1.54, 1.807) is 18.6 Å². The zero-order valence-corrected chi connectivity index (χ0v) is 17.2. The maximum absolute atomic E-state index is 5.63. The van der Waals surface area contributed by atoms with Gasteiger partial charge in [0.05, 0.1) is 22.7 Å². The van der Waals surface area contributed by atoms with Gasteiger partial charge in [-0.3, -0.25) is 4.57 Å². The fourth-order valence-electron chi connectivity index (χ4n) is 3.71. The first-order valence-corrected chi connectivity index (χ1v) is 10.4. The van der Waals surface area contributed by atoms with Gasteiger partial charge >= 0.3 is 0 Å². The zero-order valence-electron chi connectivity index (χ0n) is 17.2. The first kappa shape index (κ1) is 18.7. The third-order valence-corrected chi connectivity index (χ3v) is 5.37. The number of hydrogen-bond acceptors (Lipinski definition) is 6. The topological polar surface area (TPSA) is 93.5 Å². The second-order valence-electron chi connectivity index (χ2n) is 7.91. The predicted molar refractivity (Wildman–Crippen MR) is 116 cm³/mol. The van der Waals surface area contributed by atoms with E-state index < -0.39 is 0 Å². The minimum Gasteiger partial charge on any atom is -0.376 e. The molecular weight excluding hydrogens is 378 g/mol. The van der Waals surface area contributed by atoms with Crippen molar-refractivity contribution < 1.29 is 4.74 Å². The van der Waals surface area contributed by atoms with Gasteiger partial charge in [-0.1, -0.05) is 13.8 Å². The Bertz CT molecular complexity index is 1140. The Balaban J connectivity index is 1.38. The zero-order chi connectivity index (χ0) is 20.5. The fraction of sp³-hybridized carbons (Fsp3) is 0.364. The van der Waals surface area contributed by atoms with Gasteiger partial charge in [0.2, 0.25) is 5.95 Å². The van der Waals surface area contributed by atoms with Crippen molar-refractivity contribution in [3.63, 3.8) is 0 Å². The monoisotopic (exact) mass is 403 g/mol. The second kappa shape index (κ2) is 7.87. The van der Waals surface area contributed by atoms with Crippen LogP contribution >= 0.6 is 0 Å². The average molecular weight is 403 g/mol. The van der Waals surface area contributed by atoms with Gasteiger partial charge in [0, 0.05) is 49.5 Å². The lowest BCUT2D eigenvalue weighted by molar-refractivity contribution is 0.120. The summed E-state index contributed by atoms with van der Waals surface area (Å²) >= 11 is 0. The molecule has 0 saturated carbocycles. The Labute approximate surface area is 174 Å². The quantitative estimate of drug-likeness (QED) is 0.507. The van der Waals surface area contributed by atoms with Gasteiger partial charge in [0.15, 0.2) is 0 Å². The lowest BCUT2D eigenvalue weighted by atomic mass is 10.2. The smallest absolute Gasteiger partial charge is 0.222 e. The van der Waals surface area contributed by atoms with Crippen LogP contribution in [0, 0.1) is 0 Å². The number of aromatic amines is 1. The summed E-state index contributed by atoms with van der Waals surface area (Å²) in [6.45, 7) is 5.84. The standard InChI is InChI=1S/C22H25N7O/c1-14(2)20-27-18-6-5-16(10-19(18)28-20)29-8-7-23-21(29)15-11-24-22(25-12-15)26-13-17-4-3-9-30-17/h5-8,10-12,14,17H,3-4,9,13H2,1-2H3,(H,27,28)(H,24,25,26). The van der Waals surface area contributed by atoms with E-state index in [9.17, 15) is 0 Å². The highest BCUT2D eigenvalue weighted by Gasteiger charge is 2.16. The molecule has 1 unspecified atom stereocenters. The molecule has 0 bridgehead atoms. The van der Waals surface area contributed by atoms with E-state index in [4.69, 9.17) is 4.74 Å². The number of fused-ring (bicyclic) bond motifs is 1. The van der Waals surface area contributed by atoms with Crippen LogP contribution in [-0.2, 0) is 4.74 Å². The van der Waals surface area contributed by atoms with Crippen molar-refractivity contribution >= 4 is 17.0 Å². The SMILES string of the molecule is CC(C)c1nc2ccc(-n3ccnc3-c3cnc(NCC4CCCO4)nc3)cc2[nH]1. The third-order valence-electron chi connectivity index (χ3n) is 5.37. The normalized spacial score (nSPS) is 16.6. The molecule has 0 radical (unpaired) electrons. The molecule has 0 amide bonds. The summed E-state index contributed by atoms with van der Waals surface area (Å²) in [5, 5.41) is 3.25. The number of hydrogen-bond donors (Lipinski definition) is 2. The highest BCUT2D eigenvalue weighted by Crippen LogP contribution is 2.24. The Morgan fingerprint density at radius 1 is 1.23 bits per heavy atom. The number of ether oxygens (including phenoxy) is 1. The number of aromatic nitrogens is 6. The highest BCUT2D eigenvalue weighted by atomic mass is 16.5. The Hall–Kier alpha value is -3.26. The summed E-state index contributed by atoms with van der Waals surface area (Å²) in [6, 6.07) is 6.18. The molecule has 0 aliphatic carbocycles. The molecule has 1 aromatic carbocycles. The molecule has 1 aliphatic heterocycles. The number of H-pyrrole nitrogens is 1. The number of nitrogens with one attached hydrogen (secondary N) is 2. The number of anilines is 1. The summed E-state index contributed by atoms with van der Waals surface area (Å²) in [4.78, 5) is 21.5. The second-order valence-corrected chi connectivity index (χ2v) is 7.91. The molecule has 4 aromatic rings. The predicted octanol–water partition coefficient (Wildman–Crippen LogP) is 3.92. The molecule has 8 nitrogen and oxygen atoms in total. The van der Waals surface area contributed by atoms with E-state index in [1.807, 2.05) is 16.8 Å². The van der Waals surface area contributed by atoms with Crippen molar-refractivity contribution in [1.29, 1.82) is 0 Å². The average Bonchev–Trinajstić information content (AvgIpc) is 3.52. The van der Waals surface area contributed by atoms with Crippen LogP contribution in [0.1, 0.15) is 38.4 Å². The minimum atomic E-state index is 0.251. The van der Waals surface area contributed by atoms with Crippen LogP contribution in [0.2, 0.25) is 0 Å². The van der Waals surface area contributed by atoms with Crippen LogP contribution in [-0.4, -0.2) is 48.7 Å². The van der Waals surface area contributed by atoms with Gasteiger partial charge in [-0.05, 0) is 31.0 Å². The molecule has 30 heavy (non-hydrogen) atoms. The van der Waals surface area contributed by atoms with Crippen LogP contribution < -0.4 is 5.32 Å². The number of rotatable bonds is 6. The molecule has 3 aromatic heterocycles. The summed E-state index contributed by atoms with van der Waals surface area (Å²) in [5.41, 5.74) is 3.85. The Morgan fingerprint density at radius 2 is 2.10 bits per heavy atom. The van der Waals surface area contributed by atoms with E-state index >= 15 is 0 Å². The van der Waals surface area contributed by atoms with Crippen molar-refractivity contribution in [1.82, 2.24) is 29.5 Å². The number of imidazole rings is 2. The molecular formula is C22H25N7O. The van der Waals surface area contributed by atoms with Gasteiger partial charge in [-0.2, -0.15) is 0 Å². The molecule has 4 heterocycles. The van der Waals surface area contributed by atoms with Crippen LogP contribution in [0.5, 0.6) is 0 Å². The van der Waals surface area contributed by atoms with Gasteiger partial charge in [0.1, 0.15) is 11.6 Å². The Morgan fingerprint density at radius 3 is 2.87 bits per heavy atom. The molecule has 1 saturated heterocycles. The molecule has 2 N–H and O–H groups in total.